The van der Waals surface area contributed by atoms with E-state index in [-0.39, 0.29) is 5.91 Å². The van der Waals surface area contributed by atoms with Crippen LogP contribution in [0.3, 0.4) is 0 Å². The van der Waals surface area contributed by atoms with E-state index in [1.807, 2.05) is 6.07 Å². The van der Waals surface area contributed by atoms with E-state index in [1.54, 1.807) is 11.3 Å². The summed E-state index contributed by atoms with van der Waals surface area (Å²) < 4.78 is 0. The number of thiophene rings is 1. The van der Waals surface area contributed by atoms with E-state index in [4.69, 9.17) is 5.73 Å². The summed E-state index contributed by atoms with van der Waals surface area (Å²) in [7, 11) is 0. The fraction of sp³-hybridized carbons (Fsp3) is 0.643. The lowest BCUT2D eigenvalue weighted by Crippen LogP contribution is -2.44. The molecule has 5 heteroatoms. The van der Waals surface area contributed by atoms with Gasteiger partial charge in [0.1, 0.15) is 0 Å². The molecular formula is C14H23N3OS. The maximum atomic E-state index is 11.9. The molecule has 106 valence electrons. The highest BCUT2D eigenvalue weighted by Gasteiger charge is 2.20. The number of carbonyl (C=O) groups is 1. The first kappa shape index (κ1) is 14.5. The molecule has 0 saturated carbocycles. The summed E-state index contributed by atoms with van der Waals surface area (Å²) in [5, 5.41) is 5.06. The van der Waals surface area contributed by atoms with E-state index < -0.39 is 0 Å². The SMILES string of the molecule is NCC1CCCN(CC(=O)NCCc2cccs2)C1. The summed E-state index contributed by atoms with van der Waals surface area (Å²) in [6, 6.07) is 4.15. The van der Waals surface area contributed by atoms with Crippen LogP contribution < -0.4 is 11.1 Å². The number of rotatable bonds is 6. The number of hydrogen-bond donors (Lipinski definition) is 2. The zero-order valence-electron chi connectivity index (χ0n) is 11.3. The van der Waals surface area contributed by atoms with Gasteiger partial charge in [0.15, 0.2) is 0 Å². The Bertz CT molecular complexity index is 380. The van der Waals surface area contributed by atoms with E-state index >= 15 is 0 Å². The number of nitrogens with one attached hydrogen (secondary N) is 1. The summed E-state index contributed by atoms with van der Waals surface area (Å²) in [5.41, 5.74) is 5.70. The van der Waals surface area contributed by atoms with Crippen LogP contribution in [0.4, 0.5) is 0 Å². The van der Waals surface area contributed by atoms with Crippen molar-refractivity contribution in [3.63, 3.8) is 0 Å². The van der Waals surface area contributed by atoms with Crippen molar-refractivity contribution < 1.29 is 4.79 Å². The van der Waals surface area contributed by atoms with E-state index in [2.05, 4.69) is 21.7 Å². The fourth-order valence-electron chi connectivity index (χ4n) is 2.53. The topological polar surface area (TPSA) is 58.4 Å². The quantitative estimate of drug-likeness (QED) is 0.820. The number of amides is 1. The lowest BCUT2D eigenvalue weighted by Gasteiger charge is -2.31. The maximum absolute atomic E-state index is 11.9. The molecule has 2 rings (SSSR count). The molecule has 1 fully saturated rings. The lowest BCUT2D eigenvalue weighted by atomic mass is 9.98. The molecule has 4 nitrogen and oxygen atoms in total. The van der Waals surface area contributed by atoms with Crippen molar-refractivity contribution in [3.05, 3.63) is 22.4 Å². The molecular weight excluding hydrogens is 258 g/mol. The van der Waals surface area contributed by atoms with Gasteiger partial charge in [0.25, 0.3) is 0 Å². The third-order valence-corrected chi connectivity index (χ3v) is 4.51. The van der Waals surface area contributed by atoms with Crippen molar-refractivity contribution >= 4 is 17.2 Å². The Labute approximate surface area is 119 Å². The Morgan fingerprint density at radius 2 is 2.47 bits per heavy atom. The second-order valence-corrected chi connectivity index (χ2v) is 6.19. The van der Waals surface area contributed by atoms with Gasteiger partial charge in [0.05, 0.1) is 6.54 Å². The summed E-state index contributed by atoms with van der Waals surface area (Å²) in [6.45, 7) is 3.97. The fourth-order valence-corrected chi connectivity index (χ4v) is 3.24. The minimum Gasteiger partial charge on any atom is -0.355 e. The molecule has 0 aromatic carbocycles. The van der Waals surface area contributed by atoms with Gasteiger partial charge in [-0.15, -0.1) is 11.3 Å². The third kappa shape index (κ3) is 4.93. The Morgan fingerprint density at radius 3 is 3.21 bits per heavy atom. The first-order chi connectivity index (χ1) is 9.28. The van der Waals surface area contributed by atoms with Gasteiger partial charge in [-0.3, -0.25) is 9.69 Å². The van der Waals surface area contributed by atoms with Crippen LogP contribution >= 0.6 is 11.3 Å². The van der Waals surface area contributed by atoms with Gasteiger partial charge < -0.3 is 11.1 Å². The van der Waals surface area contributed by atoms with Gasteiger partial charge in [-0.2, -0.15) is 0 Å². The van der Waals surface area contributed by atoms with Gasteiger partial charge in [0.2, 0.25) is 5.91 Å². The first-order valence-corrected chi connectivity index (χ1v) is 7.87. The molecule has 1 aliphatic rings. The lowest BCUT2D eigenvalue weighted by molar-refractivity contribution is -0.122. The molecule has 19 heavy (non-hydrogen) atoms. The molecule has 0 aliphatic carbocycles. The van der Waals surface area contributed by atoms with Gasteiger partial charge in [-0.05, 0) is 49.7 Å². The van der Waals surface area contributed by atoms with Crippen LogP contribution in [0.1, 0.15) is 17.7 Å². The first-order valence-electron chi connectivity index (χ1n) is 6.99. The summed E-state index contributed by atoms with van der Waals surface area (Å²) >= 11 is 1.74. The molecule has 1 saturated heterocycles. The minimum absolute atomic E-state index is 0.134. The maximum Gasteiger partial charge on any atom is 0.234 e. The third-order valence-electron chi connectivity index (χ3n) is 3.58. The second-order valence-electron chi connectivity index (χ2n) is 5.16. The van der Waals surface area contributed by atoms with Crippen LogP contribution in [-0.4, -0.2) is 43.5 Å². The monoisotopic (exact) mass is 281 g/mol. The van der Waals surface area contributed by atoms with Gasteiger partial charge >= 0.3 is 0 Å². The Kier molecular flexibility index (Phi) is 5.82. The summed E-state index contributed by atoms with van der Waals surface area (Å²) in [5.74, 6) is 0.696. The Balaban J connectivity index is 1.63. The predicted octanol–water partition coefficient (Wildman–Crippen LogP) is 1.08. The number of hydrogen-bond acceptors (Lipinski definition) is 4. The van der Waals surface area contributed by atoms with E-state index in [9.17, 15) is 4.79 Å². The standard InChI is InChI=1S/C14H23N3OS/c15-9-12-3-1-7-17(10-12)11-14(18)16-6-5-13-4-2-8-19-13/h2,4,8,12H,1,3,5-7,9-11,15H2,(H,16,18). The summed E-state index contributed by atoms with van der Waals surface area (Å²) in [6.07, 6.45) is 3.28. The molecule has 0 bridgehead atoms. The van der Waals surface area contributed by atoms with Gasteiger partial charge in [-0.25, -0.2) is 0 Å². The average Bonchev–Trinajstić information content (AvgIpc) is 2.92. The zero-order chi connectivity index (χ0) is 13.5. The van der Waals surface area contributed by atoms with Crippen LogP contribution in [0.2, 0.25) is 0 Å². The largest absolute Gasteiger partial charge is 0.355 e. The second kappa shape index (κ2) is 7.62. The molecule has 1 unspecified atom stereocenters. The van der Waals surface area contributed by atoms with Crippen LogP contribution in [-0.2, 0) is 11.2 Å². The van der Waals surface area contributed by atoms with E-state index in [1.165, 1.54) is 11.3 Å². The molecule has 1 aromatic heterocycles. The van der Waals surface area contributed by atoms with Crippen LogP contribution in [0.5, 0.6) is 0 Å². The number of nitrogens with two attached hydrogens (primary N) is 1. The van der Waals surface area contributed by atoms with Crippen molar-refractivity contribution in [2.75, 3.05) is 32.7 Å². The average molecular weight is 281 g/mol. The van der Waals surface area contributed by atoms with E-state index in [0.717, 1.165) is 39.0 Å². The minimum atomic E-state index is 0.134. The molecule has 3 N–H and O–H groups in total. The molecule has 1 amide bonds. The Hall–Kier alpha value is -0.910. The highest BCUT2D eigenvalue weighted by Crippen LogP contribution is 2.14. The number of nitrogens with zero attached hydrogens (tertiary/aromatic N) is 1. The van der Waals surface area contributed by atoms with Crippen molar-refractivity contribution in [1.82, 2.24) is 10.2 Å². The number of likely N-dealkylation sites (tertiary alicyclic amines) is 1. The molecule has 2 heterocycles. The summed E-state index contributed by atoms with van der Waals surface area (Å²) in [4.78, 5) is 15.4. The van der Waals surface area contributed by atoms with Gasteiger partial charge in [-0.1, -0.05) is 6.07 Å². The highest BCUT2D eigenvalue weighted by molar-refractivity contribution is 7.09. The normalized spacial score (nSPS) is 20.4. The van der Waals surface area contributed by atoms with Crippen molar-refractivity contribution in [2.45, 2.75) is 19.3 Å². The Morgan fingerprint density at radius 1 is 1.58 bits per heavy atom. The highest BCUT2D eigenvalue weighted by atomic mass is 32.1. The van der Waals surface area contributed by atoms with Crippen LogP contribution in [0.15, 0.2) is 17.5 Å². The van der Waals surface area contributed by atoms with Crippen LogP contribution in [0.25, 0.3) is 0 Å². The molecule has 0 spiro atoms. The zero-order valence-corrected chi connectivity index (χ0v) is 12.1. The van der Waals surface area contributed by atoms with E-state index in [0.29, 0.717) is 12.5 Å². The number of piperidine rings is 1. The molecule has 0 radical (unpaired) electrons. The van der Waals surface area contributed by atoms with Crippen molar-refractivity contribution in [3.8, 4) is 0 Å². The predicted molar refractivity (Wildman–Crippen MR) is 79.3 cm³/mol. The molecule has 1 aliphatic heterocycles. The smallest absolute Gasteiger partial charge is 0.234 e. The number of carbonyl (C=O) groups excluding carboxylic acids is 1. The van der Waals surface area contributed by atoms with Crippen LogP contribution in [0, 0.1) is 5.92 Å². The van der Waals surface area contributed by atoms with Crippen molar-refractivity contribution in [1.29, 1.82) is 0 Å². The van der Waals surface area contributed by atoms with Gasteiger partial charge in [0, 0.05) is 18.0 Å². The van der Waals surface area contributed by atoms with Crippen molar-refractivity contribution in [2.24, 2.45) is 11.7 Å². The molecule has 1 aromatic rings. The molecule has 1 atom stereocenters.